The van der Waals surface area contributed by atoms with E-state index in [1.165, 1.54) is 0 Å². The molecule has 0 aliphatic rings. The number of isothiocyanates is 1. The first-order valence-corrected chi connectivity index (χ1v) is 0.862. The van der Waals surface area contributed by atoms with Crippen LogP contribution in [0, 0.1) is 5.41 Å². The van der Waals surface area contributed by atoms with Crippen molar-refractivity contribution < 1.29 is 47.8 Å². The molecule has 0 fully saturated rings. The van der Waals surface area contributed by atoms with Gasteiger partial charge in [0.05, 0.1) is 5.16 Å². The summed E-state index contributed by atoms with van der Waals surface area (Å²) in [5.74, 6) is 0. The van der Waals surface area contributed by atoms with Gasteiger partial charge in [-0.1, -0.05) is 0 Å². The molecule has 0 atom stereocenters. The zero-order valence-electron chi connectivity index (χ0n) is 3.74. The zero-order valence-corrected chi connectivity index (χ0v) is 6.60. The Morgan fingerprint density at radius 2 is 1.80 bits per heavy atom. The topological polar surface area (TPSA) is 23.9 Å². The van der Waals surface area contributed by atoms with Crippen LogP contribution < -0.4 is 29.6 Å². The molecule has 0 aromatic rings. The fourth-order valence-corrected chi connectivity index (χ4v) is 0. The summed E-state index contributed by atoms with van der Waals surface area (Å²) in [5, 5.41) is 7.36. The molecule has 0 aromatic carbocycles. The van der Waals surface area contributed by atoms with Gasteiger partial charge in [0.2, 0.25) is 0 Å². The number of rotatable bonds is 0. The minimum Gasteiger partial charge on any atom is -1.00 e. The van der Waals surface area contributed by atoms with Gasteiger partial charge in [-0.25, -0.2) is 5.41 Å². The van der Waals surface area contributed by atoms with Crippen molar-refractivity contribution in [3.63, 3.8) is 0 Å². The fraction of sp³-hybridized carbons (Fsp3) is 0. The molecule has 0 unspecified atom stereocenters. The molecule has 1 nitrogen and oxygen atoms in total. The smallest absolute Gasteiger partial charge is 1.00 e. The largest absolute Gasteiger partial charge is 1.00 e. The maximum Gasteiger partial charge on any atom is 1.00 e. The van der Waals surface area contributed by atoms with Gasteiger partial charge in [0, 0.05) is 16.8 Å². The fourth-order valence-electron chi connectivity index (χ4n) is 0. The maximum absolute atomic E-state index is 5.77. The van der Waals surface area contributed by atoms with Crippen molar-refractivity contribution in [3.05, 3.63) is 0 Å². The predicted molar refractivity (Wildman–Crippen MR) is 16.4 cm³/mol. The van der Waals surface area contributed by atoms with E-state index in [9.17, 15) is 0 Å². The van der Waals surface area contributed by atoms with Crippen molar-refractivity contribution in [1.82, 2.24) is 0 Å². The second-order valence-electron chi connectivity index (χ2n) is 0.102. The van der Waals surface area contributed by atoms with Crippen molar-refractivity contribution in [2.45, 2.75) is 0 Å². The normalized spacial score (nSPS) is 1.60. The Hall–Kier alpha value is 1.31. The molecule has 0 aliphatic carbocycles. The van der Waals surface area contributed by atoms with Crippen LogP contribution in [0.3, 0.4) is 0 Å². The van der Waals surface area contributed by atoms with Gasteiger partial charge in [0.15, 0.2) is 0 Å². The van der Waals surface area contributed by atoms with Gasteiger partial charge < -0.3 is 1.43 Å². The average Bonchev–Trinajstić information content (AvgIpc) is 0.918. The van der Waals surface area contributed by atoms with E-state index in [1.807, 2.05) is 0 Å². The third kappa shape index (κ3) is 34.0. The van der Waals surface area contributed by atoms with Crippen LogP contribution >= 0.6 is 12.2 Å². The summed E-state index contributed by atoms with van der Waals surface area (Å²) in [4.78, 5) is 0. The van der Waals surface area contributed by atoms with E-state index in [0.29, 0.717) is 0 Å². The summed E-state index contributed by atoms with van der Waals surface area (Å²) in [7, 11) is 0. The molecule has 0 aromatic heterocycles. The van der Waals surface area contributed by atoms with Gasteiger partial charge in [-0.3, -0.25) is 0 Å². The number of hydrogen-bond acceptors (Lipinski definition) is 2. The third-order valence-electron chi connectivity index (χ3n) is 0. The molecule has 0 heterocycles. The zero-order chi connectivity index (χ0) is 2.71. The maximum atomic E-state index is 5.77. The molecule has 0 aliphatic heterocycles. The Bertz CT molecular complexity index is 36.5. The van der Waals surface area contributed by atoms with E-state index in [1.54, 1.807) is 5.16 Å². The third-order valence-corrected chi connectivity index (χ3v) is 0. The Balaban J connectivity index is -0.00000000667. The van der Waals surface area contributed by atoms with E-state index in [4.69, 9.17) is 5.41 Å². The summed E-state index contributed by atoms with van der Waals surface area (Å²) >= 11 is 3.81. The molecule has 4 heteroatoms. The molecular weight excluding hydrogens is 140 g/mol. The molecule has 1 N–H and O–H groups in total. The molecule has 0 amide bonds. The van der Waals surface area contributed by atoms with Crippen molar-refractivity contribution in [1.29, 1.82) is 5.41 Å². The van der Waals surface area contributed by atoms with Crippen LogP contribution in [0.4, 0.5) is 0 Å². The summed E-state index contributed by atoms with van der Waals surface area (Å²) in [6.45, 7) is 0. The molecular formula is CH2CoNNaS. The Kier molecular flexibility index (Phi) is 60.1. The molecule has 0 rings (SSSR count). The second-order valence-corrected chi connectivity index (χ2v) is 0.306. The van der Waals surface area contributed by atoms with Crippen LogP contribution in [0.15, 0.2) is 0 Å². The minimum absolute atomic E-state index is 0. The molecule has 0 saturated heterocycles. The van der Waals surface area contributed by atoms with Gasteiger partial charge in [0.1, 0.15) is 0 Å². The van der Waals surface area contributed by atoms with Gasteiger partial charge in [-0.2, -0.15) is 0 Å². The first kappa shape index (κ1) is 16.2. The van der Waals surface area contributed by atoms with Crippen LogP contribution in [-0.4, -0.2) is 5.16 Å². The van der Waals surface area contributed by atoms with Crippen LogP contribution in [0.1, 0.15) is 1.43 Å². The quantitative estimate of drug-likeness (QED) is 0.231. The minimum atomic E-state index is 0. The Morgan fingerprint density at radius 3 is 1.80 bits per heavy atom. The van der Waals surface area contributed by atoms with E-state index < -0.39 is 0 Å². The van der Waals surface area contributed by atoms with Gasteiger partial charge >= 0.3 is 29.6 Å². The molecule has 0 bridgehead atoms. The number of hydrogen-bond donors (Lipinski definition) is 1. The van der Waals surface area contributed by atoms with Gasteiger partial charge in [0.25, 0.3) is 0 Å². The first-order chi connectivity index (χ1) is 1.41. The SMILES string of the molecule is N=C=S.[Co].[H-].[Na+]. The Morgan fingerprint density at radius 1 is 1.80 bits per heavy atom. The molecule has 0 spiro atoms. The number of nitrogens with one attached hydrogen (secondary N) is 1. The van der Waals surface area contributed by atoms with E-state index in [-0.39, 0.29) is 47.8 Å². The van der Waals surface area contributed by atoms with Crippen LogP contribution in [-0.2, 0) is 16.8 Å². The van der Waals surface area contributed by atoms with Gasteiger partial charge in [-0.15, -0.1) is 0 Å². The standard InChI is InChI=1S/CHNS.Co.Na.H/c2-1-3;;;/h2H;;;/q;;+1;-1. The van der Waals surface area contributed by atoms with Gasteiger partial charge in [-0.05, 0) is 12.2 Å². The summed E-state index contributed by atoms with van der Waals surface area (Å²) in [6.07, 6.45) is 0. The second kappa shape index (κ2) is 18.5. The monoisotopic (exact) mass is 142 g/mol. The molecule has 0 saturated carbocycles. The van der Waals surface area contributed by atoms with E-state index in [0.717, 1.165) is 0 Å². The summed E-state index contributed by atoms with van der Waals surface area (Å²) < 4.78 is 0. The molecule has 1 radical (unpaired) electrons. The van der Waals surface area contributed by atoms with Crippen LogP contribution in [0.2, 0.25) is 0 Å². The summed E-state index contributed by atoms with van der Waals surface area (Å²) in [6, 6.07) is 0. The summed E-state index contributed by atoms with van der Waals surface area (Å²) in [5.41, 5.74) is 0. The van der Waals surface area contributed by atoms with Crippen molar-refractivity contribution in [2.75, 3.05) is 0 Å². The van der Waals surface area contributed by atoms with E-state index in [2.05, 4.69) is 12.2 Å². The first-order valence-electron chi connectivity index (χ1n) is 0.454. The Labute approximate surface area is 70.0 Å². The number of thiocarbonyl (C=S) groups is 1. The van der Waals surface area contributed by atoms with E-state index >= 15 is 0 Å². The van der Waals surface area contributed by atoms with Crippen molar-refractivity contribution in [2.24, 2.45) is 0 Å². The van der Waals surface area contributed by atoms with Crippen LogP contribution in [0.25, 0.3) is 0 Å². The average molecular weight is 142 g/mol. The van der Waals surface area contributed by atoms with Crippen LogP contribution in [0.5, 0.6) is 0 Å². The predicted octanol–water partition coefficient (Wildman–Crippen LogP) is -2.22. The van der Waals surface area contributed by atoms with Crippen molar-refractivity contribution >= 4 is 17.4 Å². The molecule has 5 heavy (non-hydrogen) atoms. The molecule has 27 valence electrons. The van der Waals surface area contributed by atoms with Crippen molar-refractivity contribution in [3.8, 4) is 0 Å².